The van der Waals surface area contributed by atoms with Gasteiger partial charge in [-0.25, -0.2) is 4.79 Å². The Morgan fingerprint density at radius 1 is 1.27 bits per heavy atom. The van der Waals surface area contributed by atoms with Crippen LogP contribution in [-0.2, 0) is 5.41 Å². The number of benzene rings is 1. The average molecular weight is 359 g/mol. The average Bonchev–Trinajstić information content (AvgIpc) is 2.85. The van der Waals surface area contributed by atoms with Gasteiger partial charge in [0.25, 0.3) is 0 Å². The van der Waals surface area contributed by atoms with Crippen molar-refractivity contribution in [1.82, 2.24) is 15.5 Å². The Kier molecular flexibility index (Phi) is 5.26. The largest absolute Gasteiger partial charge is 0.337 e. The number of rotatable bonds is 4. The molecule has 2 rings (SSSR count). The molecule has 2 amide bonds. The fraction of sp³-hybridized carbons (Fsp3) is 0.357. The van der Waals surface area contributed by atoms with Crippen molar-refractivity contribution in [2.75, 3.05) is 11.9 Å². The van der Waals surface area contributed by atoms with E-state index in [9.17, 15) is 4.79 Å². The van der Waals surface area contributed by atoms with Crippen molar-refractivity contribution in [3.8, 4) is 0 Å². The van der Waals surface area contributed by atoms with Gasteiger partial charge in [-0.15, -0.1) is 10.2 Å². The van der Waals surface area contributed by atoms with Crippen molar-refractivity contribution in [2.45, 2.75) is 26.2 Å². The van der Waals surface area contributed by atoms with Crippen LogP contribution in [0, 0.1) is 6.92 Å². The highest BCUT2D eigenvalue weighted by Gasteiger charge is 2.22. The number of amides is 2. The van der Waals surface area contributed by atoms with Gasteiger partial charge in [0.1, 0.15) is 5.01 Å². The number of hydrogen-bond donors (Lipinski definition) is 2. The summed E-state index contributed by atoms with van der Waals surface area (Å²) in [5.41, 5.74) is 0.705. The molecule has 0 bridgehead atoms. The first kappa shape index (κ1) is 17.0. The Balaban J connectivity index is 1.96. The van der Waals surface area contributed by atoms with Gasteiger partial charge < -0.3 is 5.32 Å². The predicted molar refractivity (Wildman–Crippen MR) is 91.2 cm³/mol. The standard InChI is InChI=1S/C14H16Cl2N4OS/c1-8-19-20-13(22-8)18-12(21)17-7-14(2,3)9-4-5-10(15)11(16)6-9/h4-6H,7H2,1-3H3,(H2,17,18,20,21). The van der Waals surface area contributed by atoms with Crippen molar-refractivity contribution >= 4 is 45.7 Å². The summed E-state index contributed by atoms with van der Waals surface area (Å²) in [4.78, 5) is 11.9. The molecule has 0 aliphatic rings. The molecule has 118 valence electrons. The van der Waals surface area contributed by atoms with Crippen LogP contribution in [0.15, 0.2) is 18.2 Å². The predicted octanol–water partition coefficient (Wildman–Crippen LogP) is 4.25. The molecule has 0 aliphatic carbocycles. The number of aryl methyl sites for hydroxylation is 1. The number of urea groups is 1. The summed E-state index contributed by atoms with van der Waals surface area (Å²) >= 11 is 13.3. The molecule has 0 spiro atoms. The van der Waals surface area contributed by atoms with E-state index in [0.717, 1.165) is 10.6 Å². The molecule has 0 atom stereocenters. The first-order valence-electron chi connectivity index (χ1n) is 6.58. The Bertz CT molecular complexity index is 687. The van der Waals surface area contributed by atoms with E-state index >= 15 is 0 Å². The number of halogens is 2. The maximum absolute atomic E-state index is 11.9. The van der Waals surface area contributed by atoms with E-state index in [1.807, 2.05) is 32.9 Å². The van der Waals surface area contributed by atoms with Gasteiger partial charge >= 0.3 is 6.03 Å². The molecule has 0 fully saturated rings. The highest BCUT2D eigenvalue weighted by Crippen LogP contribution is 2.29. The van der Waals surface area contributed by atoms with Crippen molar-refractivity contribution in [2.24, 2.45) is 0 Å². The van der Waals surface area contributed by atoms with E-state index in [0.29, 0.717) is 21.7 Å². The molecule has 2 N–H and O–H groups in total. The van der Waals surface area contributed by atoms with Gasteiger partial charge in [0.05, 0.1) is 10.0 Å². The molecule has 8 heteroatoms. The highest BCUT2D eigenvalue weighted by atomic mass is 35.5. The minimum atomic E-state index is -0.315. The SMILES string of the molecule is Cc1nnc(NC(=O)NCC(C)(C)c2ccc(Cl)c(Cl)c2)s1. The molecule has 0 unspecified atom stereocenters. The molecular formula is C14H16Cl2N4OS. The number of anilines is 1. The summed E-state index contributed by atoms with van der Waals surface area (Å²) in [6.45, 7) is 6.30. The lowest BCUT2D eigenvalue weighted by Crippen LogP contribution is -2.39. The van der Waals surface area contributed by atoms with E-state index < -0.39 is 0 Å². The lowest BCUT2D eigenvalue weighted by atomic mass is 9.84. The van der Waals surface area contributed by atoms with E-state index in [1.165, 1.54) is 11.3 Å². The molecule has 0 saturated carbocycles. The maximum Gasteiger partial charge on any atom is 0.321 e. The Labute approximate surface area is 143 Å². The molecule has 1 aromatic heterocycles. The van der Waals surface area contributed by atoms with Gasteiger partial charge in [0.15, 0.2) is 0 Å². The summed E-state index contributed by atoms with van der Waals surface area (Å²) in [6.07, 6.45) is 0. The molecule has 5 nitrogen and oxygen atoms in total. The van der Waals surface area contributed by atoms with Crippen LogP contribution in [0.5, 0.6) is 0 Å². The van der Waals surface area contributed by atoms with Crippen molar-refractivity contribution < 1.29 is 4.79 Å². The van der Waals surface area contributed by atoms with E-state index in [4.69, 9.17) is 23.2 Å². The number of carbonyl (C=O) groups excluding carboxylic acids is 1. The van der Waals surface area contributed by atoms with Gasteiger partial charge in [-0.2, -0.15) is 0 Å². The minimum Gasteiger partial charge on any atom is -0.337 e. The van der Waals surface area contributed by atoms with Crippen LogP contribution < -0.4 is 10.6 Å². The minimum absolute atomic E-state index is 0.289. The number of nitrogens with one attached hydrogen (secondary N) is 2. The molecule has 22 heavy (non-hydrogen) atoms. The van der Waals surface area contributed by atoms with Gasteiger partial charge in [0, 0.05) is 12.0 Å². The summed E-state index contributed by atoms with van der Waals surface area (Å²) in [7, 11) is 0. The molecule has 2 aromatic rings. The molecule has 0 saturated heterocycles. The van der Waals surface area contributed by atoms with Crippen LogP contribution in [0.25, 0.3) is 0 Å². The maximum atomic E-state index is 11.9. The number of nitrogens with zero attached hydrogens (tertiary/aromatic N) is 2. The lowest BCUT2D eigenvalue weighted by Gasteiger charge is -2.26. The smallest absolute Gasteiger partial charge is 0.321 e. The Morgan fingerprint density at radius 3 is 2.59 bits per heavy atom. The third kappa shape index (κ3) is 4.32. The zero-order valence-corrected chi connectivity index (χ0v) is 14.7. The zero-order valence-electron chi connectivity index (χ0n) is 12.4. The van der Waals surface area contributed by atoms with E-state index in [1.54, 1.807) is 6.07 Å². The fourth-order valence-electron chi connectivity index (χ4n) is 1.81. The molecule has 0 radical (unpaired) electrons. The zero-order chi connectivity index (χ0) is 16.3. The van der Waals surface area contributed by atoms with Crippen molar-refractivity contribution in [1.29, 1.82) is 0 Å². The molecule has 1 heterocycles. The van der Waals surface area contributed by atoms with Gasteiger partial charge in [-0.1, -0.05) is 54.5 Å². The Hall–Kier alpha value is -1.37. The fourth-order valence-corrected chi connectivity index (χ4v) is 2.69. The first-order chi connectivity index (χ1) is 10.3. The van der Waals surface area contributed by atoms with Gasteiger partial charge in [0.2, 0.25) is 5.13 Å². The monoisotopic (exact) mass is 358 g/mol. The van der Waals surface area contributed by atoms with E-state index in [-0.39, 0.29) is 11.4 Å². The molecule has 1 aromatic carbocycles. The van der Waals surface area contributed by atoms with Crippen LogP contribution in [0.1, 0.15) is 24.4 Å². The summed E-state index contributed by atoms with van der Waals surface area (Å²) in [6, 6.07) is 5.16. The van der Waals surface area contributed by atoms with Crippen LogP contribution in [0.3, 0.4) is 0 Å². The lowest BCUT2D eigenvalue weighted by molar-refractivity contribution is 0.249. The molecular weight excluding hydrogens is 343 g/mol. The Morgan fingerprint density at radius 2 is 2.00 bits per heavy atom. The van der Waals surface area contributed by atoms with Crippen LogP contribution >= 0.6 is 34.5 Å². The highest BCUT2D eigenvalue weighted by molar-refractivity contribution is 7.15. The van der Waals surface area contributed by atoms with Crippen LogP contribution in [-0.4, -0.2) is 22.8 Å². The summed E-state index contributed by atoms with van der Waals surface area (Å²) < 4.78 is 0. The third-order valence-electron chi connectivity index (χ3n) is 3.14. The molecule has 0 aliphatic heterocycles. The normalized spacial score (nSPS) is 11.3. The number of aromatic nitrogens is 2. The topological polar surface area (TPSA) is 66.9 Å². The summed E-state index contributed by atoms with van der Waals surface area (Å²) in [5.74, 6) is 0. The second-order valence-electron chi connectivity index (χ2n) is 5.45. The summed E-state index contributed by atoms with van der Waals surface area (Å²) in [5, 5.41) is 15.5. The van der Waals surface area contributed by atoms with Crippen molar-refractivity contribution in [3.63, 3.8) is 0 Å². The van der Waals surface area contributed by atoms with Gasteiger partial charge in [-0.3, -0.25) is 5.32 Å². The first-order valence-corrected chi connectivity index (χ1v) is 8.16. The van der Waals surface area contributed by atoms with Crippen LogP contribution in [0.4, 0.5) is 9.93 Å². The van der Waals surface area contributed by atoms with E-state index in [2.05, 4.69) is 20.8 Å². The van der Waals surface area contributed by atoms with Gasteiger partial charge in [-0.05, 0) is 24.6 Å². The second kappa shape index (κ2) is 6.81. The quantitative estimate of drug-likeness (QED) is 0.858. The third-order valence-corrected chi connectivity index (χ3v) is 4.63. The number of hydrogen-bond acceptors (Lipinski definition) is 4. The second-order valence-corrected chi connectivity index (χ2v) is 7.44. The van der Waals surface area contributed by atoms with Crippen molar-refractivity contribution in [3.05, 3.63) is 38.8 Å². The number of carbonyl (C=O) groups is 1. The van der Waals surface area contributed by atoms with Crippen LogP contribution in [0.2, 0.25) is 10.0 Å².